The zero-order valence-corrected chi connectivity index (χ0v) is 8.00. The molecule has 0 aliphatic rings. The Morgan fingerprint density at radius 2 is 1.73 bits per heavy atom. The molecule has 0 N–H and O–H groups in total. The first kappa shape index (κ1) is 8.33. The molecule has 1 radical (unpaired) electrons. The van der Waals surface area contributed by atoms with Crippen molar-refractivity contribution in [3.8, 4) is 5.75 Å². The van der Waals surface area contributed by atoms with Crippen molar-refractivity contribution in [2.45, 2.75) is 13.1 Å². The molecule has 2 heteroatoms. The van der Waals surface area contributed by atoms with Crippen LogP contribution in [0.2, 0.25) is 13.1 Å². The lowest BCUT2D eigenvalue weighted by atomic mass is 10.3. The van der Waals surface area contributed by atoms with Gasteiger partial charge in [0.05, 0.1) is 0 Å². The normalized spacial score (nSPS) is 11.2. The molecule has 0 spiro atoms. The number of rotatable bonds is 2. The standard InChI is InChI=1S/C9H13OSi/c1-11(2,3)10-9-7-5-4-6-8-9/h4-8H,1H2,2-3H3. The van der Waals surface area contributed by atoms with Gasteiger partial charge in [0.25, 0.3) is 0 Å². The van der Waals surface area contributed by atoms with Crippen LogP contribution in [0.1, 0.15) is 0 Å². The minimum Gasteiger partial charge on any atom is -0.544 e. The van der Waals surface area contributed by atoms with Crippen LogP contribution < -0.4 is 4.43 Å². The average Bonchev–Trinajstić information content (AvgIpc) is 1.85. The van der Waals surface area contributed by atoms with Gasteiger partial charge in [-0.05, 0) is 31.8 Å². The molecular weight excluding hydrogens is 152 g/mol. The Kier molecular flexibility index (Phi) is 2.34. The van der Waals surface area contributed by atoms with Gasteiger partial charge in [-0.2, -0.15) is 0 Å². The molecule has 0 aromatic heterocycles. The summed E-state index contributed by atoms with van der Waals surface area (Å²) in [6, 6.07) is 9.83. The SMILES string of the molecule is [CH2][Si](C)(C)Oc1ccccc1. The van der Waals surface area contributed by atoms with Gasteiger partial charge in [-0.3, -0.25) is 0 Å². The third-order valence-corrected chi connectivity index (χ3v) is 1.93. The van der Waals surface area contributed by atoms with E-state index < -0.39 is 8.32 Å². The van der Waals surface area contributed by atoms with Crippen molar-refractivity contribution < 1.29 is 4.43 Å². The maximum absolute atomic E-state index is 5.63. The fourth-order valence-corrected chi connectivity index (χ4v) is 1.58. The Balaban J connectivity index is 2.66. The van der Waals surface area contributed by atoms with Gasteiger partial charge in [-0.1, -0.05) is 18.2 Å². The van der Waals surface area contributed by atoms with E-state index in [1.54, 1.807) is 0 Å². The second-order valence-corrected chi connectivity index (χ2v) is 6.90. The summed E-state index contributed by atoms with van der Waals surface area (Å²) >= 11 is 0. The Morgan fingerprint density at radius 1 is 1.18 bits per heavy atom. The van der Waals surface area contributed by atoms with E-state index in [1.165, 1.54) is 0 Å². The van der Waals surface area contributed by atoms with E-state index >= 15 is 0 Å². The quantitative estimate of drug-likeness (QED) is 0.612. The van der Waals surface area contributed by atoms with Gasteiger partial charge in [0, 0.05) is 0 Å². The molecule has 0 bridgehead atoms. The third-order valence-electron chi connectivity index (χ3n) is 1.14. The lowest BCUT2D eigenvalue weighted by molar-refractivity contribution is 0.563. The Labute approximate surface area is 69.1 Å². The van der Waals surface area contributed by atoms with Crippen LogP contribution in [0.15, 0.2) is 30.3 Å². The molecular formula is C9H13OSi. The zero-order chi connectivity index (χ0) is 8.32. The van der Waals surface area contributed by atoms with Crippen molar-refractivity contribution in [3.05, 3.63) is 36.9 Å². The minimum absolute atomic E-state index is 0.930. The lowest BCUT2D eigenvalue weighted by Gasteiger charge is -2.18. The van der Waals surface area contributed by atoms with Gasteiger partial charge in [0.15, 0.2) is 0 Å². The molecule has 11 heavy (non-hydrogen) atoms. The zero-order valence-electron chi connectivity index (χ0n) is 7.00. The molecule has 1 nitrogen and oxygen atoms in total. The molecule has 1 rings (SSSR count). The molecule has 59 valence electrons. The summed E-state index contributed by atoms with van der Waals surface area (Å²) in [4.78, 5) is 0. The van der Waals surface area contributed by atoms with Gasteiger partial charge in [0.1, 0.15) is 5.75 Å². The van der Waals surface area contributed by atoms with Crippen LogP contribution in [-0.4, -0.2) is 8.32 Å². The number of benzene rings is 1. The van der Waals surface area contributed by atoms with Crippen LogP contribution in [-0.2, 0) is 0 Å². The molecule has 0 aliphatic heterocycles. The lowest BCUT2D eigenvalue weighted by Crippen LogP contribution is -2.30. The van der Waals surface area contributed by atoms with Crippen molar-refractivity contribution in [2.75, 3.05) is 0 Å². The molecule has 0 heterocycles. The summed E-state index contributed by atoms with van der Waals surface area (Å²) in [6.45, 7) is 8.12. The van der Waals surface area contributed by atoms with Crippen LogP contribution in [0.3, 0.4) is 0 Å². The molecule has 0 saturated carbocycles. The molecule has 0 fully saturated rings. The monoisotopic (exact) mass is 165 g/mol. The van der Waals surface area contributed by atoms with E-state index in [0.29, 0.717) is 0 Å². The van der Waals surface area contributed by atoms with Gasteiger partial charge in [-0.25, -0.2) is 0 Å². The highest BCUT2D eigenvalue weighted by atomic mass is 28.4. The van der Waals surface area contributed by atoms with Gasteiger partial charge in [-0.15, -0.1) is 0 Å². The molecule has 0 saturated heterocycles. The smallest absolute Gasteiger partial charge is 0.245 e. The summed E-state index contributed by atoms with van der Waals surface area (Å²) < 4.78 is 5.63. The van der Waals surface area contributed by atoms with Crippen molar-refractivity contribution in [2.24, 2.45) is 0 Å². The van der Waals surface area contributed by atoms with Crippen molar-refractivity contribution >= 4 is 8.32 Å². The van der Waals surface area contributed by atoms with E-state index in [0.717, 1.165) is 5.75 Å². The summed E-state index contributed by atoms with van der Waals surface area (Å²) in [5.74, 6) is 0.930. The van der Waals surface area contributed by atoms with Gasteiger partial charge in [0.2, 0.25) is 8.32 Å². The molecule has 1 aromatic rings. The second-order valence-electron chi connectivity index (χ2n) is 3.17. The molecule has 0 aliphatic carbocycles. The molecule has 0 amide bonds. The highest BCUT2D eigenvalue weighted by Crippen LogP contribution is 2.13. The van der Waals surface area contributed by atoms with E-state index in [4.69, 9.17) is 4.43 Å². The summed E-state index contributed by atoms with van der Waals surface area (Å²) in [5.41, 5.74) is 0. The van der Waals surface area contributed by atoms with Gasteiger partial charge < -0.3 is 4.43 Å². The van der Waals surface area contributed by atoms with Crippen LogP contribution >= 0.6 is 0 Å². The Morgan fingerprint density at radius 3 is 2.18 bits per heavy atom. The van der Waals surface area contributed by atoms with Gasteiger partial charge >= 0.3 is 0 Å². The van der Waals surface area contributed by atoms with E-state index in [-0.39, 0.29) is 0 Å². The van der Waals surface area contributed by atoms with Crippen LogP contribution in [0.25, 0.3) is 0 Å². The predicted octanol–water partition coefficient (Wildman–Crippen LogP) is 2.64. The minimum atomic E-state index is -1.65. The predicted molar refractivity (Wildman–Crippen MR) is 49.9 cm³/mol. The van der Waals surface area contributed by atoms with E-state index in [2.05, 4.69) is 19.6 Å². The Hall–Kier alpha value is -0.763. The first-order valence-electron chi connectivity index (χ1n) is 3.67. The van der Waals surface area contributed by atoms with Crippen LogP contribution in [0.5, 0.6) is 5.75 Å². The summed E-state index contributed by atoms with van der Waals surface area (Å²) in [7, 11) is -1.65. The topological polar surface area (TPSA) is 9.23 Å². The summed E-state index contributed by atoms with van der Waals surface area (Å²) in [6.07, 6.45) is 0. The number of hydrogen-bond acceptors (Lipinski definition) is 1. The first-order chi connectivity index (χ1) is 5.08. The largest absolute Gasteiger partial charge is 0.544 e. The third kappa shape index (κ3) is 3.23. The van der Waals surface area contributed by atoms with E-state index in [1.807, 2.05) is 30.3 Å². The van der Waals surface area contributed by atoms with Crippen LogP contribution in [0, 0.1) is 6.55 Å². The first-order valence-corrected chi connectivity index (χ1v) is 6.79. The molecule has 0 unspecified atom stereocenters. The van der Waals surface area contributed by atoms with Crippen molar-refractivity contribution in [1.82, 2.24) is 0 Å². The average molecular weight is 165 g/mol. The number of hydrogen-bond donors (Lipinski definition) is 0. The highest BCUT2D eigenvalue weighted by molar-refractivity contribution is 6.73. The second kappa shape index (κ2) is 3.09. The number of para-hydroxylation sites is 1. The Bertz CT molecular complexity index is 213. The maximum atomic E-state index is 5.63. The van der Waals surface area contributed by atoms with E-state index in [9.17, 15) is 0 Å². The maximum Gasteiger partial charge on any atom is 0.245 e. The van der Waals surface area contributed by atoms with Crippen molar-refractivity contribution in [1.29, 1.82) is 0 Å². The molecule has 0 atom stereocenters. The van der Waals surface area contributed by atoms with Crippen molar-refractivity contribution in [3.63, 3.8) is 0 Å². The van der Waals surface area contributed by atoms with Crippen LogP contribution in [0.4, 0.5) is 0 Å². The molecule has 1 aromatic carbocycles. The highest BCUT2D eigenvalue weighted by Gasteiger charge is 2.15. The fraction of sp³-hybridized carbons (Fsp3) is 0.222. The fourth-order valence-electron chi connectivity index (χ4n) is 0.808. The summed E-state index contributed by atoms with van der Waals surface area (Å²) in [5, 5.41) is 0.